The number of nitrogens with zero attached hydrogens (tertiary/aromatic N) is 3. The highest BCUT2D eigenvalue weighted by Crippen LogP contribution is 2.24. The summed E-state index contributed by atoms with van der Waals surface area (Å²) < 4.78 is 30.6. The number of ether oxygens (including phenoxy) is 3. The second kappa shape index (κ2) is 10.5. The first-order chi connectivity index (χ1) is 14.6. The van der Waals surface area contributed by atoms with Gasteiger partial charge in [0.15, 0.2) is 5.82 Å². The van der Waals surface area contributed by atoms with Crippen molar-refractivity contribution >= 4 is 11.6 Å². The van der Waals surface area contributed by atoms with E-state index in [4.69, 9.17) is 14.2 Å². The molecule has 2 aromatic carbocycles. The molecule has 1 amide bonds. The highest BCUT2D eigenvalue weighted by Gasteiger charge is 2.15. The van der Waals surface area contributed by atoms with Gasteiger partial charge >= 0.3 is 6.01 Å². The number of rotatable bonds is 10. The predicted molar refractivity (Wildman–Crippen MR) is 109 cm³/mol. The van der Waals surface area contributed by atoms with Crippen LogP contribution in [-0.2, 0) is 14.3 Å². The zero-order valence-corrected chi connectivity index (χ0v) is 16.8. The lowest BCUT2D eigenvalue weighted by Crippen LogP contribution is -2.17. The molecule has 0 saturated carbocycles. The van der Waals surface area contributed by atoms with Gasteiger partial charge < -0.3 is 19.5 Å². The third-order valence-electron chi connectivity index (χ3n) is 4.02. The first kappa shape index (κ1) is 21.4. The lowest BCUT2D eigenvalue weighted by molar-refractivity contribution is -0.119. The Morgan fingerprint density at radius 1 is 1.10 bits per heavy atom. The number of aromatic nitrogens is 3. The number of anilines is 1. The molecule has 0 bridgehead atoms. The molecule has 0 fully saturated rings. The zero-order chi connectivity index (χ0) is 21.3. The molecule has 3 rings (SSSR count). The first-order valence-corrected chi connectivity index (χ1v) is 9.43. The Hall–Kier alpha value is -3.30. The first-order valence-electron chi connectivity index (χ1n) is 9.43. The van der Waals surface area contributed by atoms with Crippen molar-refractivity contribution in [3.63, 3.8) is 0 Å². The van der Waals surface area contributed by atoms with Crippen LogP contribution in [0.5, 0.6) is 6.01 Å². The van der Waals surface area contributed by atoms with E-state index in [1.807, 2.05) is 6.92 Å². The number of amides is 1. The maximum Gasteiger partial charge on any atom is 0.336 e. The highest BCUT2D eigenvalue weighted by molar-refractivity contribution is 5.91. The number of methoxy groups -OCH3 is 1. The van der Waals surface area contributed by atoms with Gasteiger partial charge in [-0.15, -0.1) is 5.10 Å². The fraction of sp³-hybridized carbons (Fsp3) is 0.286. The standard InChI is InChI=1S/C21H23FN4O4/c1-3-29-12-13-30-21-24-20(15-4-6-16(22)7-5-15)26(25-21)18-10-8-17(9-11-18)23-19(27)14-28-2/h4-11H,3,12-14H2,1-2H3,(H,23,27). The van der Waals surface area contributed by atoms with Crippen molar-refractivity contribution in [1.82, 2.24) is 14.8 Å². The Kier molecular flexibility index (Phi) is 7.47. The van der Waals surface area contributed by atoms with E-state index in [1.165, 1.54) is 19.2 Å². The maximum atomic E-state index is 13.3. The summed E-state index contributed by atoms with van der Waals surface area (Å²) in [7, 11) is 1.46. The van der Waals surface area contributed by atoms with E-state index >= 15 is 0 Å². The van der Waals surface area contributed by atoms with Gasteiger partial charge in [-0.2, -0.15) is 4.98 Å². The van der Waals surface area contributed by atoms with Crippen molar-refractivity contribution in [2.45, 2.75) is 6.92 Å². The molecule has 30 heavy (non-hydrogen) atoms. The van der Waals surface area contributed by atoms with Crippen molar-refractivity contribution in [2.24, 2.45) is 0 Å². The van der Waals surface area contributed by atoms with Crippen LogP contribution < -0.4 is 10.1 Å². The molecule has 8 nitrogen and oxygen atoms in total. The summed E-state index contributed by atoms with van der Waals surface area (Å²) in [4.78, 5) is 16.1. The van der Waals surface area contributed by atoms with Crippen LogP contribution >= 0.6 is 0 Å². The summed E-state index contributed by atoms with van der Waals surface area (Å²) in [5.41, 5.74) is 2.00. The number of hydrogen-bond acceptors (Lipinski definition) is 6. The maximum absolute atomic E-state index is 13.3. The molecule has 0 spiro atoms. The fourth-order valence-corrected chi connectivity index (χ4v) is 2.67. The van der Waals surface area contributed by atoms with E-state index in [9.17, 15) is 9.18 Å². The van der Waals surface area contributed by atoms with E-state index in [2.05, 4.69) is 15.4 Å². The SMILES string of the molecule is CCOCCOc1nc(-c2ccc(F)cc2)n(-c2ccc(NC(=O)COC)cc2)n1. The van der Waals surface area contributed by atoms with Gasteiger partial charge in [0.25, 0.3) is 0 Å². The van der Waals surface area contributed by atoms with Gasteiger partial charge in [-0.05, 0) is 55.5 Å². The topological polar surface area (TPSA) is 87.5 Å². The fourth-order valence-electron chi connectivity index (χ4n) is 2.67. The molecule has 0 aliphatic heterocycles. The number of carbonyl (C=O) groups excluding carboxylic acids is 1. The summed E-state index contributed by atoms with van der Waals surface area (Å²) in [6.07, 6.45) is 0. The van der Waals surface area contributed by atoms with Crippen LogP contribution in [-0.4, -0.2) is 54.2 Å². The van der Waals surface area contributed by atoms with Crippen LogP contribution in [0.1, 0.15) is 6.92 Å². The lowest BCUT2D eigenvalue weighted by Gasteiger charge is -2.08. The molecule has 0 saturated heterocycles. The quantitative estimate of drug-likeness (QED) is 0.513. The summed E-state index contributed by atoms with van der Waals surface area (Å²) >= 11 is 0. The van der Waals surface area contributed by atoms with E-state index in [-0.39, 0.29) is 24.3 Å². The number of benzene rings is 2. The minimum absolute atomic E-state index is 0.0258. The smallest absolute Gasteiger partial charge is 0.336 e. The Labute approximate surface area is 173 Å². The van der Waals surface area contributed by atoms with Gasteiger partial charge in [0.05, 0.1) is 12.3 Å². The van der Waals surface area contributed by atoms with Crippen LogP contribution in [0.2, 0.25) is 0 Å². The molecule has 0 radical (unpaired) electrons. The highest BCUT2D eigenvalue weighted by atomic mass is 19.1. The average Bonchev–Trinajstić information content (AvgIpc) is 3.17. The minimum Gasteiger partial charge on any atom is -0.460 e. The normalized spacial score (nSPS) is 10.8. The monoisotopic (exact) mass is 414 g/mol. The second-order valence-corrected chi connectivity index (χ2v) is 6.21. The average molecular weight is 414 g/mol. The summed E-state index contributed by atoms with van der Waals surface area (Å²) in [5, 5.41) is 7.15. The predicted octanol–water partition coefficient (Wildman–Crippen LogP) is 3.07. The van der Waals surface area contributed by atoms with Crippen molar-refractivity contribution in [1.29, 1.82) is 0 Å². The Balaban J connectivity index is 1.86. The van der Waals surface area contributed by atoms with Gasteiger partial charge in [0, 0.05) is 25.0 Å². The molecule has 1 heterocycles. The number of hydrogen-bond donors (Lipinski definition) is 1. The molecule has 158 valence electrons. The zero-order valence-electron chi connectivity index (χ0n) is 16.8. The molecular formula is C21H23FN4O4. The molecule has 1 aromatic heterocycles. The Bertz CT molecular complexity index is 958. The molecule has 9 heteroatoms. The summed E-state index contributed by atoms with van der Waals surface area (Å²) in [6.45, 7) is 3.21. The third kappa shape index (κ3) is 5.62. The molecule has 0 aliphatic rings. The Morgan fingerprint density at radius 2 is 1.83 bits per heavy atom. The van der Waals surface area contributed by atoms with Gasteiger partial charge in [0.1, 0.15) is 19.0 Å². The number of nitrogens with one attached hydrogen (secondary N) is 1. The number of halogens is 1. The lowest BCUT2D eigenvalue weighted by atomic mass is 10.2. The van der Waals surface area contributed by atoms with Crippen LogP contribution in [0, 0.1) is 5.82 Å². The van der Waals surface area contributed by atoms with Gasteiger partial charge in [0.2, 0.25) is 5.91 Å². The molecule has 0 atom stereocenters. The van der Waals surface area contributed by atoms with Crippen LogP contribution in [0.4, 0.5) is 10.1 Å². The van der Waals surface area contributed by atoms with E-state index in [1.54, 1.807) is 41.1 Å². The van der Waals surface area contributed by atoms with Gasteiger partial charge in [-0.3, -0.25) is 4.79 Å². The van der Waals surface area contributed by atoms with E-state index in [0.717, 1.165) is 0 Å². The van der Waals surface area contributed by atoms with Crippen molar-refractivity contribution in [3.8, 4) is 23.1 Å². The molecule has 1 N–H and O–H groups in total. The summed E-state index contributed by atoms with van der Waals surface area (Å²) in [5.74, 6) is -0.0882. The summed E-state index contributed by atoms with van der Waals surface area (Å²) in [6, 6.07) is 13.2. The minimum atomic E-state index is -0.339. The molecule has 0 unspecified atom stereocenters. The van der Waals surface area contributed by atoms with Crippen molar-refractivity contribution < 1.29 is 23.4 Å². The molecular weight excluding hydrogens is 391 g/mol. The molecule has 3 aromatic rings. The molecule has 0 aliphatic carbocycles. The largest absolute Gasteiger partial charge is 0.460 e. The van der Waals surface area contributed by atoms with Crippen LogP contribution in [0.15, 0.2) is 48.5 Å². The van der Waals surface area contributed by atoms with Gasteiger partial charge in [-0.1, -0.05) is 0 Å². The Morgan fingerprint density at radius 3 is 2.50 bits per heavy atom. The third-order valence-corrected chi connectivity index (χ3v) is 4.02. The van der Waals surface area contributed by atoms with E-state index < -0.39 is 0 Å². The van der Waals surface area contributed by atoms with Gasteiger partial charge in [-0.25, -0.2) is 9.07 Å². The second-order valence-electron chi connectivity index (χ2n) is 6.21. The van der Waals surface area contributed by atoms with Crippen molar-refractivity contribution in [3.05, 3.63) is 54.3 Å². The van der Waals surface area contributed by atoms with E-state index in [0.29, 0.717) is 42.6 Å². The van der Waals surface area contributed by atoms with Crippen LogP contribution in [0.3, 0.4) is 0 Å². The number of carbonyl (C=O) groups is 1. The van der Waals surface area contributed by atoms with Crippen LogP contribution in [0.25, 0.3) is 17.1 Å². The van der Waals surface area contributed by atoms with Crippen molar-refractivity contribution in [2.75, 3.05) is 38.9 Å².